The fraction of sp³-hybridized carbons (Fsp3) is 0.683. The van der Waals surface area contributed by atoms with Crippen LogP contribution in [0.25, 0.3) is 0 Å². The van der Waals surface area contributed by atoms with E-state index < -0.39 is 0 Å². The van der Waals surface area contributed by atoms with Crippen LogP contribution in [-0.4, -0.2) is 110 Å². The topological polar surface area (TPSA) is 134 Å². The Bertz CT molecular complexity index is 1370. The molecule has 2 N–H and O–H groups in total. The molecule has 11 nitrogen and oxygen atoms in total. The van der Waals surface area contributed by atoms with Crippen LogP contribution in [0.1, 0.15) is 101 Å². The van der Waals surface area contributed by atoms with Crippen molar-refractivity contribution in [2.75, 3.05) is 54.0 Å². The molecular formula is C41H65N5O6. The molecule has 3 saturated carbocycles. The summed E-state index contributed by atoms with van der Waals surface area (Å²) in [5, 5.41) is 16.1. The first-order valence-electron chi connectivity index (χ1n) is 19.1. The highest BCUT2D eigenvalue weighted by molar-refractivity contribution is 5.94. The quantitative estimate of drug-likeness (QED) is 0.277. The number of aliphatic hydroxyl groups is 1. The van der Waals surface area contributed by atoms with Crippen molar-refractivity contribution in [1.82, 2.24) is 24.9 Å². The molecule has 2 spiro atoms. The van der Waals surface area contributed by atoms with E-state index in [0.717, 1.165) is 42.2 Å². The molecule has 5 aliphatic rings. The number of carbonyl (C=O) groups excluding carboxylic acids is 4. The van der Waals surface area contributed by atoms with E-state index in [1.165, 1.54) is 64.9 Å². The van der Waals surface area contributed by atoms with Crippen molar-refractivity contribution in [3.05, 3.63) is 53.9 Å². The Morgan fingerprint density at radius 3 is 2.10 bits per heavy atom. The lowest BCUT2D eigenvalue weighted by Gasteiger charge is -2.48. The molecule has 2 aliphatic heterocycles. The minimum absolute atomic E-state index is 0.0300. The van der Waals surface area contributed by atoms with Crippen LogP contribution in [0.4, 0.5) is 0 Å². The number of nitrogens with zero attached hydrogens (tertiary/aromatic N) is 4. The van der Waals surface area contributed by atoms with Gasteiger partial charge in [-0.15, -0.1) is 0 Å². The summed E-state index contributed by atoms with van der Waals surface area (Å²) in [4.78, 5) is 47.0. The molecular weight excluding hydrogens is 658 g/mol. The van der Waals surface area contributed by atoms with Gasteiger partial charge in [-0.3, -0.25) is 14.3 Å². The van der Waals surface area contributed by atoms with E-state index in [1.807, 2.05) is 56.0 Å². The second kappa shape index (κ2) is 20.2. The molecule has 1 amide bonds. The van der Waals surface area contributed by atoms with E-state index in [0.29, 0.717) is 37.7 Å². The number of esters is 1. The number of benzene rings is 1. The molecule has 1 aromatic heterocycles. The molecule has 52 heavy (non-hydrogen) atoms. The molecule has 2 aromatic rings. The Labute approximate surface area is 311 Å². The minimum Gasteiger partial charge on any atom is -0.468 e. The molecule has 11 heteroatoms. The summed E-state index contributed by atoms with van der Waals surface area (Å²) in [7, 11) is 5.18. The summed E-state index contributed by atoms with van der Waals surface area (Å²) >= 11 is 0. The van der Waals surface area contributed by atoms with Gasteiger partial charge in [-0.1, -0.05) is 57.5 Å². The number of aromatic nitrogens is 2. The van der Waals surface area contributed by atoms with E-state index >= 15 is 0 Å². The predicted octanol–water partition coefficient (Wildman–Crippen LogP) is 5.25. The van der Waals surface area contributed by atoms with Gasteiger partial charge in [0.05, 0.1) is 25.4 Å². The second-order valence-corrected chi connectivity index (χ2v) is 16.3. The summed E-state index contributed by atoms with van der Waals surface area (Å²) in [6, 6.07) is 9.89. The number of aliphatic hydroxyl groups excluding tert-OH is 1. The number of rotatable bonds is 8. The zero-order valence-corrected chi connectivity index (χ0v) is 32.6. The second-order valence-electron chi connectivity index (χ2n) is 16.3. The smallest absolute Gasteiger partial charge is 0.322 e. The van der Waals surface area contributed by atoms with Crippen LogP contribution < -0.4 is 5.32 Å². The van der Waals surface area contributed by atoms with Crippen molar-refractivity contribution in [2.24, 2.45) is 28.1 Å². The number of nitrogens with one attached hydrogen (secondary N) is 1. The number of likely N-dealkylation sites (N-methyl/N-ethyl adjacent to an activating group) is 1. The summed E-state index contributed by atoms with van der Waals surface area (Å²) in [6.07, 6.45) is 17.9. The third-order valence-electron chi connectivity index (χ3n) is 11.7. The van der Waals surface area contributed by atoms with Crippen LogP contribution in [0.15, 0.2) is 42.7 Å². The molecule has 290 valence electrons. The number of ether oxygens (including phenoxy) is 1. The molecule has 2 saturated heterocycles. The van der Waals surface area contributed by atoms with Crippen LogP contribution in [-0.2, 0) is 25.7 Å². The van der Waals surface area contributed by atoms with Crippen LogP contribution >= 0.6 is 0 Å². The van der Waals surface area contributed by atoms with E-state index in [4.69, 9.17) is 9.90 Å². The third kappa shape index (κ3) is 12.1. The molecule has 2 unspecified atom stereocenters. The van der Waals surface area contributed by atoms with Gasteiger partial charge in [-0.25, -0.2) is 0 Å². The number of carbonyl (C=O) groups is 4. The lowest BCUT2D eigenvalue weighted by Crippen LogP contribution is -2.59. The highest BCUT2D eigenvalue weighted by Gasteiger charge is 2.54. The molecule has 3 heterocycles. The van der Waals surface area contributed by atoms with Gasteiger partial charge in [0.1, 0.15) is 19.1 Å². The van der Waals surface area contributed by atoms with Crippen molar-refractivity contribution in [3.8, 4) is 0 Å². The highest BCUT2D eigenvalue weighted by Crippen LogP contribution is 2.52. The van der Waals surface area contributed by atoms with Crippen LogP contribution in [0.5, 0.6) is 0 Å². The van der Waals surface area contributed by atoms with E-state index in [-0.39, 0.29) is 29.3 Å². The zero-order valence-electron chi connectivity index (χ0n) is 32.6. The Morgan fingerprint density at radius 2 is 1.67 bits per heavy atom. The molecule has 3 aliphatic carbocycles. The Kier molecular flexibility index (Phi) is 16.7. The SMILES string of the molecule is C=O.CC1(C)CC1.CCC(NC)C(=O)OC.CN1CC2(C1)CN(C(=O)c1cnn(Cc3ccccc3)c1)CC2C=O.OCC1CCC2(CCC2)CC1. The monoisotopic (exact) mass is 723 g/mol. The first kappa shape index (κ1) is 43.0. The summed E-state index contributed by atoms with van der Waals surface area (Å²) in [6.45, 7) is 12.5. The van der Waals surface area contributed by atoms with Gasteiger partial charge in [-0.05, 0) is 94.2 Å². The molecule has 5 fully saturated rings. The van der Waals surface area contributed by atoms with Gasteiger partial charge in [0.25, 0.3) is 5.91 Å². The molecule has 1 aromatic carbocycles. The first-order chi connectivity index (χ1) is 24.9. The third-order valence-corrected chi connectivity index (χ3v) is 11.7. The standard InChI is InChI=1S/C19H22N4O2.C10H18O.C6H13NO2.C5H10.CH2O/c1-21-12-19(13-21)14-22(10-17(19)11-24)18(25)16-7-20-23(9-16)8-15-5-3-2-4-6-15;11-8-9-2-6-10(7-3-9)4-1-5-10;1-4-5(7-2)6(8)9-3;1-5(2)3-4-5;1-2/h2-7,9,11,17H,8,10,12-14H2,1H3;9,11H,1-8H2;5,7H,4H2,1-3H3;3-4H2,1-2H3;1H2. The maximum absolute atomic E-state index is 12.8. The van der Waals surface area contributed by atoms with Gasteiger partial charge in [-0.2, -0.15) is 5.10 Å². The van der Waals surface area contributed by atoms with Gasteiger partial charge in [0.2, 0.25) is 0 Å². The van der Waals surface area contributed by atoms with Crippen LogP contribution in [0.2, 0.25) is 0 Å². The first-order valence-corrected chi connectivity index (χ1v) is 19.1. The number of methoxy groups -OCH3 is 1. The fourth-order valence-corrected chi connectivity index (χ4v) is 7.74. The maximum atomic E-state index is 12.8. The average Bonchev–Trinajstić information content (AvgIpc) is 3.47. The Morgan fingerprint density at radius 1 is 1.06 bits per heavy atom. The lowest BCUT2D eigenvalue weighted by molar-refractivity contribution is -0.143. The Hall–Kier alpha value is -3.41. The van der Waals surface area contributed by atoms with E-state index in [2.05, 4.69) is 33.9 Å². The molecule has 7 rings (SSSR count). The number of hydrogen-bond acceptors (Lipinski definition) is 9. The molecule has 2 atom stereocenters. The normalized spacial score (nSPS) is 22.2. The van der Waals surface area contributed by atoms with Crippen molar-refractivity contribution < 1.29 is 29.0 Å². The van der Waals surface area contributed by atoms with Gasteiger partial charge in [0.15, 0.2) is 0 Å². The van der Waals surface area contributed by atoms with Crippen molar-refractivity contribution in [2.45, 2.75) is 97.6 Å². The maximum Gasteiger partial charge on any atom is 0.322 e. The van der Waals surface area contributed by atoms with Crippen LogP contribution in [0.3, 0.4) is 0 Å². The van der Waals surface area contributed by atoms with Crippen molar-refractivity contribution in [3.63, 3.8) is 0 Å². The summed E-state index contributed by atoms with van der Waals surface area (Å²) in [5.41, 5.74) is 3.20. The molecule has 0 radical (unpaired) electrons. The van der Waals surface area contributed by atoms with E-state index in [1.54, 1.807) is 24.1 Å². The van der Waals surface area contributed by atoms with Crippen molar-refractivity contribution in [1.29, 1.82) is 0 Å². The van der Waals surface area contributed by atoms with Crippen LogP contribution in [0, 0.1) is 28.1 Å². The van der Waals surface area contributed by atoms with Gasteiger partial charge >= 0.3 is 5.97 Å². The van der Waals surface area contributed by atoms with E-state index in [9.17, 15) is 14.4 Å². The fourth-order valence-electron chi connectivity index (χ4n) is 7.74. The number of amides is 1. The minimum atomic E-state index is -0.194. The van der Waals surface area contributed by atoms with Gasteiger partial charge in [0, 0.05) is 50.3 Å². The predicted molar refractivity (Wildman–Crippen MR) is 204 cm³/mol. The average molecular weight is 724 g/mol. The summed E-state index contributed by atoms with van der Waals surface area (Å²) < 4.78 is 6.27. The number of aldehydes is 1. The van der Waals surface area contributed by atoms with Gasteiger partial charge < -0.3 is 34.5 Å². The molecule has 0 bridgehead atoms. The number of likely N-dealkylation sites (tertiary alicyclic amines) is 2. The largest absolute Gasteiger partial charge is 0.468 e. The Balaban J connectivity index is 0.000000222. The number of hydrogen-bond donors (Lipinski definition) is 2. The highest BCUT2D eigenvalue weighted by atomic mass is 16.5. The summed E-state index contributed by atoms with van der Waals surface area (Å²) in [5.74, 6) is 0.353. The van der Waals surface area contributed by atoms with Crippen molar-refractivity contribution >= 4 is 25.0 Å². The zero-order chi connectivity index (χ0) is 38.4. The lowest BCUT2D eigenvalue weighted by atomic mass is 9.59.